The average molecular weight is 356 g/mol. The molecule has 0 aromatic heterocycles. The topological polar surface area (TPSA) is 55.1 Å². The molecule has 0 saturated heterocycles. The summed E-state index contributed by atoms with van der Waals surface area (Å²) >= 11 is 0. The Hall–Kier alpha value is -3.28. The van der Waals surface area contributed by atoms with Crippen molar-refractivity contribution >= 4 is 22.8 Å². The van der Waals surface area contributed by atoms with Crippen LogP contribution in [0.25, 0.3) is 0 Å². The number of ketones is 1. The molecule has 0 fully saturated rings. The van der Waals surface area contributed by atoms with E-state index in [1.807, 2.05) is 6.07 Å². The standard InChI is InChI=1S/C20H15F3N2O/c21-20(22,23)15-8-11-18(17(24)12-15)25-16-9-6-14(7-10-16)19(26)13-4-2-1-3-5-13/h1-12,25H,24H2. The highest BCUT2D eigenvalue weighted by Gasteiger charge is 2.30. The van der Waals surface area contributed by atoms with Crippen LogP contribution >= 0.6 is 0 Å². The number of nitrogens with two attached hydrogens (primary N) is 1. The lowest BCUT2D eigenvalue weighted by Crippen LogP contribution is -2.06. The first-order chi connectivity index (χ1) is 12.3. The Morgan fingerprint density at radius 2 is 1.46 bits per heavy atom. The maximum absolute atomic E-state index is 12.7. The number of hydrogen-bond acceptors (Lipinski definition) is 3. The molecule has 0 aliphatic heterocycles. The number of alkyl halides is 3. The average Bonchev–Trinajstić information content (AvgIpc) is 2.63. The van der Waals surface area contributed by atoms with Gasteiger partial charge >= 0.3 is 6.18 Å². The van der Waals surface area contributed by atoms with Gasteiger partial charge in [-0.15, -0.1) is 0 Å². The van der Waals surface area contributed by atoms with Gasteiger partial charge in [-0.2, -0.15) is 13.2 Å². The zero-order chi connectivity index (χ0) is 18.7. The number of carbonyl (C=O) groups excluding carboxylic acids is 1. The summed E-state index contributed by atoms with van der Waals surface area (Å²) in [6, 6.07) is 18.7. The summed E-state index contributed by atoms with van der Waals surface area (Å²) < 4.78 is 38.0. The minimum atomic E-state index is -4.44. The summed E-state index contributed by atoms with van der Waals surface area (Å²) in [5.41, 5.74) is 6.96. The van der Waals surface area contributed by atoms with Gasteiger partial charge in [-0.25, -0.2) is 0 Å². The predicted molar refractivity (Wildman–Crippen MR) is 95.5 cm³/mol. The van der Waals surface area contributed by atoms with Gasteiger partial charge in [0.25, 0.3) is 0 Å². The highest BCUT2D eigenvalue weighted by atomic mass is 19.4. The molecule has 0 heterocycles. The SMILES string of the molecule is Nc1cc(C(F)(F)F)ccc1Nc1ccc(C(=O)c2ccccc2)cc1. The van der Waals surface area contributed by atoms with Crippen LogP contribution in [0.15, 0.2) is 72.8 Å². The third-order valence-electron chi connectivity index (χ3n) is 3.84. The van der Waals surface area contributed by atoms with E-state index in [0.717, 1.165) is 12.1 Å². The fourth-order valence-electron chi connectivity index (χ4n) is 2.47. The zero-order valence-corrected chi connectivity index (χ0v) is 13.5. The molecule has 0 aliphatic carbocycles. The number of hydrogen-bond donors (Lipinski definition) is 2. The van der Waals surface area contributed by atoms with E-state index in [1.54, 1.807) is 48.5 Å². The molecular weight excluding hydrogens is 341 g/mol. The lowest BCUT2D eigenvalue weighted by molar-refractivity contribution is -0.137. The van der Waals surface area contributed by atoms with Crippen molar-refractivity contribution in [3.8, 4) is 0 Å². The van der Waals surface area contributed by atoms with Crippen LogP contribution in [0.2, 0.25) is 0 Å². The van der Waals surface area contributed by atoms with Crippen molar-refractivity contribution in [2.24, 2.45) is 0 Å². The van der Waals surface area contributed by atoms with E-state index in [2.05, 4.69) is 5.32 Å². The summed E-state index contributed by atoms with van der Waals surface area (Å²) in [4.78, 5) is 12.4. The number of nitrogens with one attached hydrogen (secondary N) is 1. The van der Waals surface area contributed by atoms with Gasteiger partial charge in [-0.05, 0) is 42.5 Å². The maximum atomic E-state index is 12.7. The van der Waals surface area contributed by atoms with E-state index in [1.165, 1.54) is 6.07 Å². The van der Waals surface area contributed by atoms with Gasteiger partial charge in [0, 0.05) is 16.8 Å². The molecule has 0 bridgehead atoms. The second-order valence-electron chi connectivity index (χ2n) is 5.70. The normalized spacial score (nSPS) is 11.2. The van der Waals surface area contributed by atoms with Crippen LogP contribution in [-0.2, 0) is 6.18 Å². The molecule has 0 radical (unpaired) electrons. The highest BCUT2D eigenvalue weighted by Crippen LogP contribution is 2.33. The largest absolute Gasteiger partial charge is 0.416 e. The number of anilines is 3. The van der Waals surface area contributed by atoms with Gasteiger partial charge in [0.15, 0.2) is 5.78 Å². The minimum Gasteiger partial charge on any atom is -0.397 e. The Bertz CT molecular complexity index is 920. The van der Waals surface area contributed by atoms with E-state index in [9.17, 15) is 18.0 Å². The molecule has 0 spiro atoms. The van der Waals surface area contributed by atoms with Crippen LogP contribution in [-0.4, -0.2) is 5.78 Å². The first-order valence-corrected chi connectivity index (χ1v) is 7.78. The van der Waals surface area contributed by atoms with Gasteiger partial charge in [0.2, 0.25) is 0 Å². The zero-order valence-electron chi connectivity index (χ0n) is 13.5. The van der Waals surface area contributed by atoms with Crippen molar-refractivity contribution in [3.63, 3.8) is 0 Å². The molecule has 0 unspecified atom stereocenters. The molecule has 3 aromatic carbocycles. The fraction of sp³-hybridized carbons (Fsp3) is 0.0500. The third-order valence-corrected chi connectivity index (χ3v) is 3.84. The van der Waals surface area contributed by atoms with Crippen molar-refractivity contribution in [1.29, 1.82) is 0 Å². The van der Waals surface area contributed by atoms with E-state index in [-0.39, 0.29) is 11.5 Å². The second kappa shape index (κ2) is 6.92. The molecule has 6 heteroatoms. The van der Waals surface area contributed by atoms with Gasteiger partial charge in [0.05, 0.1) is 16.9 Å². The van der Waals surface area contributed by atoms with Crippen LogP contribution in [0.1, 0.15) is 21.5 Å². The lowest BCUT2D eigenvalue weighted by atomic mass is 10.0. The van der Waals surface area contributed by atoms with Crippen molar-refractivity contribution in [3.05, 3.63) is 89.5 Å². The summed E-state index contributed by atoms with van der Waals surface area (Å²) in [5, 5.41) is 2.95. The summed E-state index contributed by atoms with van der Waals surface area (Å²) in [6.45, 7) is 0. The van der Waals surface area contributed by atoms with Crippen molar-refractivity contribution < 1.29 is 18.0 Å². The summed E-state index contributed by atoms with van der Waals surface area (Å²) in [5.74, 6) is -0.105. The lowest BCUT2D eigenvalue weighted by Gasteiger charge is -2.13. The first kappa shape index (κ1) is 17.5. The molecule has 0 atom stereocenters. The highest BCUT2D eigenvalue weighted by molar-refractivity contribution is 6.09. The minimum absolute atomic E-state index is 0.00994. The van der Waals surface area contributed by atoms with E-state index >= 15 is 0 Å². The van der Waals surface area contributed by atoms with Gasteiger partial charge in [-0.3, -0.25) is 4.79 Å². The predicted octanol–water partition coefficient (Wildman–Crippen LogP) is 5.26. The monoisotopic (exact) mass is 356 g/mol. The van der Waals surface area contributed by atoms with Crippen molar-refractivity contribution in [2.75, 3.05) is 11.1 Å². The van der Waals surface area contributed by atoms with Gasteiger partial charge in [-0.1, -0.05) is 30.3 Å². The molecule has 3 nitrogen and oxygen atoms in total. The Morgan fingerprint density at radius 3 is 2.04 bits per heavy atom. The Kier molecular flexibility index (Phi) is 4.67. The number of nitrogen functional groups attached to an aromatic ring is 1. The molecule has 3 N–H and O–H groups in total. The fourth-order valence-corrected chi connectivity index (χ4v) is 2.47. The van der Waals surface area contributed by atoms with Crippen molar-refractivity contribution in [2.45, 2.75) is 6.18 Å². The Balaban J connectivity index is 1.77. The second-order valence-corrected chi connectivity index (χ2v) is 5.70. The van der Waals surface area contributed by atoms with Crippen LogP contribution in [0, 0.1) is 0 Å². The molecular formula is C20H15F3N2O. The smallest absolute Gasteiger partial charge is 0.397 e. The van der Waals surface area contributed by atoms with Gasteiger partial charge < -0.3 is 11.1 Å². The molecule has 0 aliphatic rings. The van der Waals surface area contributed by atoms with E-state index in [4.69, 9.17) is 5.73 Å². The molecule has 26 heavy (non-hydrogen) atoms. The number of rotatable bonds is 4. The van der Waals surface area contributed by atoms with E-state index < -0.39 is 11.7 Å². The first-order valence-electron chi connectivity index (χ1n) is 7.78. The third kappa shape index (κ3) is 3.85. The number of benzene rings is 3. The van der Waals surface area contributed by atoms with Crippen LogP contribution in [0.3, 0.4) is 0 Å². The van der Waals surface area contributed by atoms with Crippen LogP contribution in [0.4, 0.5) is 30.2 Å². The van der Waals surface area contributed by atoms with Crippen LogP contribution < -0.4 is 11.1 Å². The summed E-state index contributed by atoms with van der Waals surface area (Å²) in [7, 11) is 0. The Morgan fingerprint density at radius 1 is 0.846 bits per heavy atom. The molecule has 0 amide bonds. The Labute approximate surface area is 148 Å². The van der Waals surface area contributed by atoms with E-state index in [0.29, 0.717) is 22.5 Å². The maximum Gasteiger partial charge on any atom is 0.416 e. The number of halogens is 3. The summed E-state index contributed by atoms with van der Waals surface area (Å²) in [6.07, 6.45) is -4.44. The molecule has 0 saturated carbocycles. The van der Waals surface area contributed by atoms with Crippen LogP contribution in [0.5, 0.6) is 0 Å². The van der Waals surface area contributed by atoms with Crippen molar-refractivity contribution in [1.82, 2.24) is 0 Å². The number of carbonyl (C=O) groups is 1. The molecule has 3 rings (SSSR count). The molecule has 132 valence electrons. The molecule has 3 aromatic rings. The van der Waals surface area contributed by atoms with Gasteiger partial charge in [0.1, 0.15) is 0 Å². The quantitative estimate of drug-likeness (QED) is 0.495.